The lowest BCUT2D eigenvalue weighted by molar-refractivity contribution is -0.226. The number of hydrogen-bond acceptors (Lipinski definition) is 11. The van der Waals surface area contributed by atoms with Crippen LogP contribution in [-0.2, 0) is 60.8 Å². The third-order valence-corrected chi connectivity index (χ3v) is 9.06. The van der Waals surface area contributed by atoms with Crippen molar-refractivity contribution in [2.24, 2.45) is 11.8 Å². The Morgan fingerprint density at radius 1 is 0.808 bits per heavy atom. The molecule has 3 aromatic rings. The van der Waals surface area contributed by atoms with Gasteiger partial charge in [0.25, 0.3) is 0 Å². The van der Waals surface area contributed by atoms with Crippen LogP contribution in [0.3, 0.4) is 0 Å². The van der Waals surface area contributed by atoms with Gasteiger partial charge in [0.2, 0.25) is 0 Å². The van der Waals surface area contributed by atoms with Crippen molar-refractivity contribution < 1.29 is 52.3 Å². The lowest BCUT2D eigenvalue weighted by Crippen LogP contribution is -2.56. The van der Waals surface area contributed by atoms with E-state index in [4.69, 9.17) is 56.4 Å². The molecule has 0 radical (unpaired) electrons. The number of carbonyl (C=O) groups excluding carboxylic acids is 4. The van der Waals surface area contributed by atoms with Crippen molar-refractivity contribution in [1.29, 1.82) is 0 Å². The van der Waals surface area contributed by atoms with Crippen LogP contribution in [0.15, 0.2) is 91.0 Å². The number of ether oxygens (including phenoxy) is 7. The number of esters is 4. The third kappa shape index (κ3) is 11.4. The smallest absolute Gasteiger partial charge is 0.340 e. The summed E-state index contributed by atoms with van der Waals surface area (Å²) in [5, 5.41) is 0.372. The molecule has 0 N–H and O–H groups in total. The first-order chi connectivity index (χ1) is 25.0. The zero-order valence-corrected chi connectivity index (χ0v) is 30.8. The minimum absolute atomic E-state index is 0.0278. The number of methoxy groups -OCH3 is 3. The van der Waals surface area contributed by atoms with E-state index >= 15 is 0 Å². The van der Waals surface area contributed by atoms with Gasteiger partial charge in [0.1, 0.15) is 18.3 Å². The molecule has 1 aliphatic rings. The fourth-order valence-electron chi connectivity index (χ4n) is 5.77. The molecule has 1 heterocycles. The molecule has 0 bridgehead atoms. The summed E-state index contributed by atoms with van der Waals surface area (Å²) >= 11 is 12.5. The summed E-state index contributed by atoms with van der Waals surface area (Å²) in [7, 11) is 3.61. The van der Waals surface area contributed by atoms with Gasteiger partial charge in [-0.3, -0.25) is 14.4 Å². The Kier molecular flexibility index (Phi) is 15.7. The normalized spacial score (nSPS) is 19.8. The zero-order valence-electron chi connectivity index (χ0n) is 29.3. The second kappa shape index (κ2) is 20.1. The van der Waals surface area contributed by atoms with Crippen LogP contribution in [0, 0.1) is 11.8 Å². The van der Waals surface area contributed by atoms with Crippen LogP contribution in [0.1, 0.15) is 41.3 Å². The predicted octanol–water partition coefficient (Wildman–Crippen LogP) is 6.56. The fraction of sp³-hybridized carbons (Fsp3) is 0.385. The van der Waals surface area contributed by atoms with E-state index < -0.39 is 66.2 Å². The van der Waals surface area contributed by atoms with Crippen molar-refractivity contribution in [3.63, 3.8) is 0 Å². The van der Waals surface area contributed by atoms with E-state index in [1.807, 2.05) is 60.7 Å². The third-order valence-electron chi connectivity index (χ3n) is 8.51. The standard InChI is InChI=1S/C39H42Cl2O11/c1-24(34(38(44)47-3)39(45)48-4)15-18-31(52-37(43)29-17-16-27(40)19-30(29)41)36-35(50-23-26-13-9-6-10-14-26)32(20-28(51-36)21-33(42)46-2)49-22-25-11-7-5-8-12-25/h5-19,24,28,31-32,34-36H,20-23H2,1-4H3/b18-15+/t24-,28-,31?,32-,35+,36-/m0/s1. The summed E-state index contributed by atoms with van der Waals surface area (Å²) in [4.78, 5) is 51.6. The SMILES string of the molecule is COC(=O)C[C@@H]1C[C@H](OCc2ccccc2)[C@@H](OCc2ccccc2)[C@H](C(/C=C/[C@H](C)C(C(=O)OC)C(=O)OC)OC(=O)c2ccc(Cl)cc2Cl)O1. The highest BCUT2D eigenvalue weighted by molar-refractivity contribution is 6.36. The molecule has 0 amide bonds. The van der Waals surface area contributed by atoms with E-state index in [2.05, 4.69) is 0 Å². The van der Waals surface area contributed by atoms with Crippen LogP contribution in [0.25, 0.3) is 0 Å². The molecule has 1 unspecified atom stereocenters. The van der Waals surface area contributed by atoms with E-state index in [-0.39, 0.29) is 36.6 Å². The van der Waals surface area contributed by atoms with Crippen LogP contribution in [0.4, 0.5) is 0 Å². The molecule has 1 saturated heterocycles. The van der Waals surface area contributed by atoms with Crippen molar-refractivity contribution in [2.75, 3.05) is 21.3 Å². The molecule has 1 fully saturated rings. The maximum absolute atomic E-state index is 13.8. The van der Waals surface area contributed by atoms with Crippen molar-refractivity contribution in [2.45, 2.75) is 63.5 Å². The molecule has 4 rings (SSSR count). The first-order valence-corrected chi connectivity index (χ1v) is 17.3. The predicted molar refractivity (Wildman–Crippen MR) is 191 cm³/mol. The summed E-state index contributed by atoms with van der Waals surface area (Å²) in [6.07, 6.45) is -1.43. The molecule has 278 valence electrons. The Bertz CT molecular complexity index is 1650. The van der Waals surface area contributed by atoms with Crippen LogP contribution in [-0.4, -0.2) is 75.7 Å². The van der Waals surface area contributed by atoms with E-state index in [0.29, 0.717) is 5.02 Å². The molecule has 52 heavy (non-hydrogen) atoms. The Labute approximate surface area is 313 Å². The molecule has 6 atom stereocenters. The van der Waals surface area contributed by atoms with Crippen LogP contribution in [0.2, 0.25) is 10.0 Å². The van der Waals surface area contributed by atoms with Crippen LogP contribution < -0.4 is 0 Å². The second-order valence-electron chi connectivity index (χ2n) is 12.1. The van der Waals surface area contributed by atoms with E-state index in [1.54, 1.807) is 6.92 Å². The summed E-state index contributed by atoms with van der Waals surface area (Å²) in [5.41, 5.74) is 1.80. The lowest BCUT2D eigenvalue weighted by Gasteiger charge is -2.43. The minimum Gasteiger partial charge on any atom is -0.469 e. The average molecular weight is 758 g/mol. The summed E-state index contributed by atoms with van der Waals surface area (Å²) in [6.45, 7) is 1.97. The zero-order chi connectivity index (χ0) is 37.6. The Morgan fingerprint density at radius 2 is 1.40 bits per heavy atom. The number of carbonyl (C=O) groups is 4. The summed E-state index contributed by atoms with van der Waals surface area (Å²) in [5.74, 6) is -5.06. The molecule has 11 nitrogen and oxygen atoms in total. The summed E-state index contributed by atoms with van der Waals surface area (Å²) in [6, 6.07) is 23.3. The van der Waals surface area contributed by atoms with E-state index in [9.17, 15) is 19.2 Å². The van der Waals surface area contributed by atoms with Gasteiger partial charge in [-0.15, -0.1) is 0 Å². The molecular formula is C39H42Cl2O11. The summed E-state index contributed by atoms with van der Waals surface area (Å²) < 4.78 is 40.4. The van der Waals surface area contributed by atoms with Crippen LogP contribution in [0.5, 0.6) is 0 Å². The first kappa shape index (κ1) is 40.5. The van der Waals surface area contributed by atoms with Gasteiger partial charge in [-0.1, -0.05) is 96.9 Å². The fourth-order valence-corrected chi connectivity index (χ4v) is 6.25. The molecule has 0 saturated carbocycles. The maximum atomic E-state index is 13.8. The maximum Gasteiger partial charge on any atom is 0.340 e. The van der Waals surface area contributed by atoms with Crippen molar-refractivity contribution >= 4 is 47.1 Å². The topological polar surface area (TPSA) is 133 Å². The largest absolute Gasteiger partial charge is 0.469 e. The van der Waals surface area contributed by atoms with Gasteiger partial charge in [-0.2, -0.15) is 0 Å². The Morgan fingerprint density at radius 3 is 1.96 bits per heavy atom. The molecule has 0 spiro atoms. The van der Waals surface area contributed by atoms with Gasteiger partial charge in [0.15, 0.2) is 5.92 Å². The van der Waals surface area contributed by atoms with Crippen molar-refractivity contribution in [1.82, 2.24) is 0 Å². The Balaban J connectivity index is 1.79. The van der Waals surface area contributed by atoms with Gasteiger partial charge in [-0.05, 0) is 41.3 Å². The van der Waals surface area contributed by atoms with Gasteiger partial charge in [0.05, 0.1) is 63.8 Å². The quantitative estimate of drug-likeness (QED) is 0.0681. The van der Waals surface area contributed by atoms with Crippen LogP contribution >= 0.6 is 23.2 Å². The highest BCUT2D eigenvalue weighted by atomic mass is 35.5. The number of rotatable bonds is 16. The molecule has 0 aliphatic carbocycles. The van der Waals surface area contributed by atoms with E-state index in [1.165, 1.54) is 37.5 Å². The highest BCUT2D eigenvalue weighted by Crippen LogP contribution is 2.33. The van der Waals surface area contributed by atoms with Gasteiger partial charge in [-0.25, -0.2) is 4.79 Å². The Hall–Kier alpha value is -4.26. The van der Waals surface area contributed by atoms with Crippen molar-refractivity contribution in [3.05, 3.63) is 118 Å². The van der Waals surface area contributed by atoms with E-state index in [0.717, 1.165) is 25.3 Å². The molecule has 1 aliphatic heterocycles. The average Bonchev–Trinajstić information content (AvgIpc) is 3.15. The number of hydrogen-bond donors (Lipinski definition) is 0. The number of benzene rings is 3. The molecular weight excluding hydrogens is 715 g/mol. The molecule has 13 heteroatoms. The first-order valence-electron chi connectivity index (χ1n) is 16.6. The van der Waals surface area contributed by atoms with Gasteiger partial charge in [0, 0.05) is 11.4 Å². The molecule has 0 aromatic heterocycles. The van der Waals surface area contributed by atoms with Crippen molar-refractivity contribution in [3.8, 4) is 0 Å². The van der Waals surface area contributed by atoms with Gasteiger partial charge < -0.3 is 33.2 Å². The number of halogens is 2. The minimum atomic E-state index is -1.32. The lowest BCUT2D eigenvalue weighted by atomic mass is 9.90. The second-order valence-corrected chi connectivity index (χ2v) is 12.9. The highest BCUT2D eigenvalue weighted by Gasteiger charge is 2.46. The van der Waals surface area contributed by atoms with Gasteiger partial charge >= 0.3 is 23.9 Å². The molecule has 3 aromatic carbocycles. The number of allylic oxidation sites excluding steroid dienone is 1. The monoisotopic (exact) mass is 756 g/mol.